The minimum atomic E-state index is -1.31. The smallest absolute Gasteiger partial charge is 0.145 e. The van der Waals surface area contributed by atoms with Gasteiger partial charge in [-0.05, 0) is 30.7 Å². The van der Waals surface area contributed by atoms with Crippen molar-refractivity contribution in [1.29, 1.82) is 5.26 Å². The fraction of sp³-hybridized carbons (Fsp3) is 0.133. The molecule has 0 aliphatic rings. The summed E-state index contributed by atoms with van der Waals surface area (Å²) in [6, 6.07) is 13.7. The maximum atomic E-state index is 13.9. The molecule has 0 radical (unpaired) electrons. The topological polar surface area (TPSA) is 40.9 Å². The summed E-state index contributed by atoms with van der Waals surface area (Å²) in [5.74, 6) is -0.504. The summed E-state index contributed by atoms with van der Waals surface area (Å²) in [6.45, 7) is 1.91. The summed E-state index contributed by atoms with van der Waals surface area (Å²) < 4.78 is 26.1. The molecular weight excluding hydrogens is 261 g/mol. The molecule has 4 heteroatoms. The molecule has 1 unspecified atom stereocenters. The third-order valence-corrected chi connectivity index (χ3v) is 4.09. The van der Waals surface area contributed by atoms with Crippen LogP contribution in [0.4, 0.5) is 4.39 Å². The molecule has 0 aromatic heterocycles. The van der Waals surface area contributed by atoms with Crippen LogP contribution >= 0.6 is 0 Å². The molecule has 0 N–H and O–H groups in total. The molecule has 0 aliphatic heterocycles. The van der Waals surface area contributed by atoms with Crippen LogP contribution in [-0.4, -0.2) is 4.21 Å². The molecule has 0 saturated heterocycles. The number of halogens is 1. The van der Waals surface area contributed by atoms with Gasteiger partial charge in [-0.25, -0.2) is 4.39 Å². The first kappa shape index (κ1) is 13.4. The molecule has 0 bridgehead atoms. The van der Waals surface area contributed by atoms with Crippen molar-refractivity contribution >= 4 is 10.8 Å². The second kappa shape index (κ2) is 5.77. The Bertz CT molecular complexity index is 676. The Hall–Kier alpha value is -1.99. The minimum absolute atomic E-state index is 0.0151. The third kappa shape index (κ3) is 3.07. The quantitative estimate of drug-likeness (QED) is 0.860. The van der Waals surface area contributed by atoms with Crippen LogP contribution in [0.1, 0.15) is 16.7 Å². The van der Waals surface area contributed by atoms with E-state index in [2.05, 4.69) is 0 Å². The van der Waals surface area contributed by atoms with E-state index >= 15 is 0 Å². The molecular formula is C15H12FNOS. The molecule has 2 aromatic carbocycles. The fourth-order valence-corrected chi connectivity index (χ4v) is 2.98. The SMILES string of the molecule is Cc1cccc(S(=O)Cc2cccc(C#N)c2F)c1. The summed E-state index contributed by atoms with van der Waals surface area (Å²) in [4.78, 5) is 0.668. The monoisotopic (exact) mass is 273 g/mol. The van der Waals surface area contributed by atoms with Crippen LogP contribution in [0.3, 0.4) is 0 Å². The van der Waals surface area contributed by atoms with Crippen LogP contribution in [0.15, 0.2) is 47.4 Å². The number of rotatable bonds is 3. The van der Waals surface area contributed by atoms with E-state index in [1.54, 1.807) is 24.3 Å². The molecule has 0 spiro atoms. The second-order valence-electron chi connectivity index (χ2n) is 4.20. The van der Waals surface area contributed by atoms with E-state index in [-0.39, 0.29) is 11.3 Å². The van der Waals surface area contributed by atoms with Gasteiger partial charge in [0.2, 0.25) is 0 Å². The van der Waals surface area contributed by atoms with Crippen LogP contribution in [0.5, 0.6) is 0 Å². The molecule has 2 nitrogen and oxygen atoms in total. The van der Waals surface area contributed by atoms with Gasteiger partial charge in [-0.1, -0.05) is 24.3 Å². The highest BCUT2D eigenvalue weighted by molar-refractivity contribution is 7.84. The van der Waals surface area contributed by atoms with E-state index < -0.39 is 16.6 Å². The largest absolute Gasteiger partial charge is 0.254 e. The summed E-state index contributed by atoms with van der Waals surface area (Å²) in [5.41, 5.74) is 1.30. The lowest BCUT2D eigenvalue weighted by Gasteiger charge is -2.05. The van der Waals surface area contributed by atoms with Crippen molar-refractivity contribution < 1.29 is 8.60 Å². The van der Waals surface area contributed by atoms with E-state index in [0.29, 0.717) is 10.5 Å². The Labute approximate surface area is 114 Å². The first-order chi connectivity index (χ1) is 9.11. The molecule has 0 fully saturated rings. The van der Waals surface area contributed by atoms with Crippen molar-refractivity contribution in [3.8, 4) is 6.07 Å². The predicted molar refractivity (Wildman–Crippen MR) is 72.4 cm³/mol. The summed E-state index contributed by atoms with van der Waals surface area (Å²) >= 11 is 0. The molecule has 19 heavy (non-hydrogen) atoms. The summed E-state index contributed by atoms with van der Waals surface area (Å²) in [7, 11) is -1.31. The second-order valence-corrected chi connectivity index (χ2v) is 5.65. The molecule has 0 amide bonds. The van der Waals surface area contributed by atoms with Gasteiger partial charge < -0.3 is 0 Å². The Morgan fingerprint density at radius 3 is 2.68 bits per heavy atom. The van der Waals surface area contributed by atoms with Crippen molar-refractivity contribution in [1.82, 2.24) is 0 Å². The highest BCUT2D eigenvalue weighted by Gasteiger charge is 2.12. The normalized spacial score (nSPS) is 11.8. The summed E-state index contributed by atoms with van der Waals surface area (Å²) in [6.07, 6.45) is 0. The van der Waals surface area contributed by atoms with Crippen molar-refractivity contribution in [2.75, 3.05) is 0 Å². The lowest BCUT2D eigenvalue weighted by molar-refractivity contribution is 0.611. The molecule has 0 saturated carbocycles. The van der Waals surface area contributed by atoms with Crippen molar-refractivity contribution in [3.05, 3.63) is 65.0 Å². The van der Waals surface area contributed by atoms with E-state index in [4.69, 9.17) is 5.26 Å². The lowest BCUT2D eigenvalue weighted by atomic mass is 10.1. The van der Waals surface area contributed by atoms with Crippen LogP contribution in [-0.2, 0) is 16.6 Å². The summed E-state index contributed by atoms with van der Waals surface area (Å²) in [5, 5.41) is 8.76. The van der Waals surface area contributed by atoms with Crippen molar-refractivity contribution in [2.45, 2.75) is 17.6 Å². The van der Waals surface area contributed by atoms with Crippen LogP contribution < -0.4 is 0 Å². The average molecular weight is 273 g/mol. The van der Waals surface area contributed by atoms with Gasteiger partial charge in [0.05, 0.1) is 22.1 Å². The zero-order valence-corrected chi connectivity index (χ0v) is 11.2. The average Bonchev–Trinajstić information content (AvgIpc) is 2.41. The Morgan fingerprint density at radius 1 is 1.26 bits per heavy atom. The Kier molecular flexibility index (Phi) is 4.08. The lowest BCUT2D eigenvalue weighted by Crippen LogP contribution is -2.00. The van der Waals surface area contributed by atoms with E-state index in [0.717, 1.165) is 5.56 Å². The van der Waals surface area contributed by atoms with Crippen LogP contribution in [0.2, 0.25) is 0 Å². The van der Waals surface area contributed by atoms with Crippen molar-refractivity contribution in [2.24, 2.45) is 0 Å². The minimum Gasteiger partial charge on any atom is -0.254 e. The molecule has 0 aliphatic carbocycles. The van der Waals surface area contributed by atoms with Crippen molar-refractivity contribution in [3.63, 3.8) is 0 Å². The highest BCUT2D eigenvalue weighted by atomic mass is 32.2. The fourth-order valence-electron chi connectivity index (χ4n) is 1.76. The van der Waals surface area contributed by atoms with Gasteiger partial charge >= 0.3 is 0 Å². The molecule has 96 valence electrons. The third-order valence-electron chi connectivity index (χ3n) is 2.74. The number of benzene rings is 2. The van der Waals surface area contributed by atoms with Gasteiger partial charge in [-0.2, -0.15) is 5.26 Å². The van der Waals surface area contributed by atoms with Gasteiger partial charge in [0.15, 0.2) is 0 Å². The van der Waals surface area contributed by atoms with E-state index in [9.17, 15) is 8.60 Å². The number of nitriles is 1. The van der Waals surface area contributed by atoms with E-state index in [1.165, 1.54) is 6.07 Å². The Balaban J connectivity index is 2.27. The number of hydrogen-bond acceptors (Lipinski definition) is 2. The first-order valence-corrected chi connectivity index (χ1v) is 7.06. The zero-order chi connectivity index (χ0) is 13.8. The van der Waals surface area contributed by atoms with Crippen LogP contribution in [0, 0.1) is 24.1 Å². The Morgan fingerprint density at radius 2 is 2.00 bits per heavy atom. The van der Waals surface area contributed by atoms with Crippen LogP contribution in [0.25, 0.3) is 0 Å². The number of hydrogen-bond donors (Lipinski definition) is 0. The highest BCUT2D eigenvalue weighted by Crippen LogP contribution is 2.18. The number of nitrogens with zero attached hydrogens (tertiary/aromatic N) is 1. The van der Waals surface area contributed by atoms with Gasteiger partial charge in [-0.3, -0.25) is 4.21 Å². The molecule has 2 rings (SSSR count). The maximum Gasteiger partial charge on any atom is 0.145 e. The standard InChI is InChI=1S/C15H12FNOS/c1-11-4-2-7-14(8-11)19(18)10-13-6-3-5-12(9-17)15(13)16/h2-8H,10H2,1H3. The molecule has 2 aromatic rings. The van der Waals surface area contributed by atoms with Gasteiger partial charge in [0.1, 0.15) is 11.9 Å². The maximum absolute atomic E-state index is 13.9. The predicted octanol–water partition coefficient (Wildman–Crippen LogP) is 3.31. The van der Waals surface area contributed by atoms with E-state index in [1.807, 2.05) is 25.1 Å². The molecule has 0 heterocycles. The number of aryl methyl sites for hydroxylation is 1. The van der Waals surface area contributed by atoms with Gasteiger partial charge in [-0.15, -0.1) is 0 Å². The molecule has 1 atom stereocenters. The van der Waals surface area contributed by atoms with Gasteiger partial charge in [0, 0.05) is 10.5 Å². The van der Waals surface area contributed by atoms with Gasteiger partial charge in [0.25, 0.3) is 0 Å². The zero-order valence-electron chi connectivity index (χ0n) is 10.4. The first-order valence-electron chi connectivity index (χ1n) is 5.74.